The van der Waals surface area contributed by atoms with Gasteiger partial charge in [-0.1, -0.05) is 91.0 Å². The molecule has 0 amide bonds. The molecule has 3 heteroatoms. The zero-order valence-electron chi connectivity index (χ0n) is 14.8. The average Bonchev–Trinajstić information content (AvgIpc) is 2.74. The van der Waals surface area contributed by atoms with Crippen LogP contribution in [0.5, 0.6) is 0 Å². The van der Waals surface area contributed by atoms with Gasteiger partial charge >= 0.3 is 7.12 Å². The zero-order chi connectivity index (χ0) is 18.6. The molecule has 27 heavy (non-hydrogen) atoms. The Morgan fingerprint density at radius 1 is 0.444 bits per heavy atom. The molecule has 0 spiro atoms. The predicted octanol–water partition coefficient (Wildman–Crippen LogP) is 4.37. The van der Waals surface area contributed by atoms with Crippen molar-refractivity contribution >= 4 is 12.6 Å². The Hall–Kier alpha value is -3.14. The lowest BCUT2D eigenvalue weighted by atomic mass is 9.70. The van der Waals surface area contributed by atoms with Crippen molar-refractivity contribution < 1.29 is 10.0 Å². The second-order valence-corrected chi connectivity index (χ2v) is 6.46. The van der Waals surface area contributed by atoms with Gasteiger partial charge in [0.05, 0.1) is 0 Å². The summed E-state index contributed by atoms with van der Waals surface area (Å²) in [5.41, 5.74) is 6.21. The van der Waals surface area contributed by atoms with Crippen LogP contribution in [0.3, 0.4) is 0 Å². The van der Waals surface area contributed by atoms with Crippen LogP contribution in [0, 0.1) is 0 Å². The van der Waals surface area contributed by atoms with E-state index in [0.717, 1.165) is 33.4 Å². The molecular weight excluding hydrogens is 331 g/mol. The molecule has 0 aliphatic rings. The van der Waals surface area contributed by atoms with Crippen molar-refractivity contribution in [2.75, 3.05) is 0 Å². The largest absolute Gasteiger partial charge is 0.489 e. The minimum atomic E-state index is -1.57. The molecular formula is C24H19BO2. The third-order valence-corrected chi connectivity index (χ3v) is 4.71. The Labute approximate surface area is 159 Å². The second kappa shape index (κ2) is 7.62. The Bertz CT molecular complexity index is 969. The predicted molar refractivity (Wildman–Crippen MR) is 113 cm³/mol. The van der Waals surface area contributed by atoms with Gasteiger partial charge in [0, 0.05) is 0 Å². The van der Waals surface area contributed by atoms with Crippen LogP contribution < -0.4 is 5.46 Å². The van der Waals surface area contributed by atoms with Crippen molar-refractivity contribution in [3.8, 4) is 33.4 Å². The van der Waals surface area contributed by atoms with E-state index in [4.69, 9.17) is 0 Å². The van der Waals surface area contributed by atoms with Gasteiger partial charge in [0.1, 0.15) is 0 Å². The lowest BCUT2D eigenvalue weighted by Crippen LogP contribution is -2.33. The zero-order valence-corrected chi connectivity index (χ0v) is 14.8. The Balaban J connectivity index is 2.05. The molecule has 0 aliphatic heterocycles. The van der Waals surface area contributed by atoms with E-state index in [-0.39, 0.29) is 0 Å². The first-order valence-electron chi connectivity index (χ1n) is 8.94. The summed E-state index contributed by atoms with van der Waals surface area (Å²) in [6.07, 6.45) is 0. The summed E-state index contributed by atoms with van der Waals surface area (Å²) in [7, 11) is -1.57. The first-order valence-corrected chi connectivity index (χ1v) is 8.94. The van der Waals surface area contributed by atoms with Crippen molar-refractivity contribution in [2.24, 2.45) is 0 Å². The van der Waals surface area contributed by atoms with E-state index in [9.17, 15) is 10.0 Å². The fourth-order valence-electron chi connectivity index (χ4n) is 3.44. The van der Waals surface area contributed by atoms with Gasteiger partial charge < -0.3 is 10.0 Å². The van der Waals surface area contributed by atoms with E-state index >= 15 is 0 Å². The second-order valence-electron chi connectivity index (χ2n) is 6.46. The molecule has 0 bridgehead atoms. The van der Waals surface area contributed by atoms with Gasteiger partial charge in [-0.3, -0.25) is 0 Å². The average molecular weight is 350 g/mol. The molecule has 0 aliphatic carbocycles. The molecule has 0 saturated carbocycles. The first kappa shape index (κ1) is 17.3. The van der Waals surface area contributed by atoms with Gasteiger partial charge in [-0.05, 0) is 51.0 Å². The molecule has 4 aromatic carbocycles. The molecule has 0 heterocycles. The summed E-state index contributed by atoms with van der Waals surface area (Å²) in [4.78, 5) is 0. The summed E-state index contributed by atoms with van der Waals surface area (Å²) < 4.78 is 0. The van der Waals surface area contributed by atoms with E-state index in [1.54, 1.807) is 0 Å². The van der Waals surface area contributed by atoms with Gasteiger partial charge in [-0.25, -0.2) is 0 Å². The standard InChI is InChI=1S/C24H19BO2/c26-25(27)24-22(19-12-6-2-7-13-19)16-21(18-10-4-1-5-11-18)17-23(24)20-14-8-3-9-15-20/h1-17,26-27H. The van der Waals surface area contributed by atoms with Crippen LogP contribution in [0.25, 0.3) is 33.4 Å². The van der Waals surface area contributed by atoms with E-state index in [0.29, 0.717) is 5.46 Å². The van der Waals surface area contributed by atoms with Gasteiger partial charge in [-0.15, -0.1) is 0 Å². The van der Waals surface area contributed by atoms with Crippen molar-refractivity contribution in [3.05, 3.63) is 103 Å². The van der Waals surface area contributed by atoms with E-state index in [1.165, 1.54) is 0 Å². The Kier molecular flexibility index (Phi) is 4.88. The normalized spacial score (nSPS) is 10.6. The van der Waals surface area contributed by atoms with Crippen LogP contribution in [0.2, 0.25) is 0 Å². The van der Waals surface area contributed by atoms with Crippen LogP contribution in [-0.2, 0) is 0 Å². The minimum absolute atomic E-state index is 0.520. The Morgan fingerprint density at radius 2 is 0.815 bits per heavy atom. The van der Waals surface area contributed by atoms with E-state index < -0.39 is 7.12 Å². The quantitative estimate of drug-likeness (QED) is 0.537. The highest BCUT2D eigenvalue weighted by atomic mass is 16.4. The van der Waals surface area contributed by atoms with Crippen LogP contribution in [0.1, 0.15) is 0 Å². The SMILES string of the molecule is OB(O)c1c(-c2ccccc2)cc(-c2ccccc2)cc1-c1ccccc1. The topological polar surface area (TPSA) is 40.5 Å². The maximum atomic E-state index is 10.2. The lowest BCUT2D eigenvalue weighted by Gasteiger charge is -2.18. The first-order chi connectivity index (χ1) is 13.2. The van der Waals surface area contributed by atoms with Crippen LogP contribution in [-0.4, -0.2) is 17.2 Å². The van der Waals surface area contributed by atoms with Gasteiger partial charge in [0.15, 0.2) is 0 Å². The van der Waals surface area contributed by atoms with E-state index in [1.807, 2.05) is 91.0 Å². The summed E-state index contributed by atoms with van der Waals surface area (Å²) in [5, 5.41) is 20.5. The third-order valence-electron chi connectivity index (χ3n) is 4.71. The number of hydrogen-bond acceptors (Lipinski definition) is 2. The van der Waals surface area contributed by atoms with Gasteiger partial charge in [0.2, 0.25) is 0 Å². The molecule has 0 unspecified atom stereocenters. The van der Waals surface area contributed by atoms with Crippen molar-refractivity contribution in [2.45, 2.75) is 0 Å². The molecule has 0 radical (unpaired) electrons. The van der Waals surface area contributed by atoms with E-state index in [2.05, 4.69) is 12.1 Å². The maximum absolute atomic E-state index is 10.2. The molecule has 0 aromatic heterocycles. The highest BCUT2D eigenvalue weighted by molar-refractivity contribution is 6.62. The summed E-state index contributed by atoms with van der Waals surface area (Å²) >= 11 is 0. The summed E-state index contributed by atoms with van der Waals surface area (Å²) in [6, 6.07) is 33.9. The van der Waals surface area contributed by atoms with Gasteiger partial charge in [0.25, 0.3) is 0 Å². The fraction of sp³-hybridized carbons (Fsp3) is 0. The monoisotopic (exact) mass is 350 g/mol. The smallest absolute Gasteiger partial charge is 0.423 e. The van der Waals surface area contributed by atoms with Crippen molar-refractivity contribution in [3.63, 3.8) is 0 Å². The molecule has 0 fully saturated rings. The van der Waals surface area contributed by atoms with Crippen molar-refractivity contribution in [1.82, 2.24) is 0 Å². The van der Waals surface area contributed by atoms with Crippen LogP contribution in [0.15, 0.2) is 103 Å². The number of rotatable bonds is 4. The fourth-order valence-corrected chi connectivity index (χ4v) is 3.44. The molecule has 0 saturated heterocycles. The number of hydrogen-bond donors (Lipinski definition) is 2. The summed E-state index contributed by atoms with van der Waals surface area (Å²) in [5.74, 6) is 0. The number of benzene rings is 4. The minimum Gasteiger partial charge on any atom is -0.423 e. The molecule has 0 atom stereocenters. The highest BCUT2D eigenvalue weighted by Crippen LogP contribution is 2.31. The molecule has 2 nitrogen and oxygen atoms in total. The molecule has 4 rings (SSSR count). The van der Waals surface area contributed by atoms with Crippen LogP contribution in [0.4, 0.5) is 0 Å². The summed E-state index contributed by atoms with van der Waals surface area (Å²) in [6.45, 7) is 0. The Morgan fingerprint density at radius 3 is 1.19 bits per heavy atom. The van der Waals surface area contributed by atoms with Crippen molar-refractivity contribution in [1.29, 1.82) is 0 Å². The molecule has 2 N–H and O–H groups in total. The molecule has 4 aromatic rings. The maximum Gasteiger partial charge on any atom is 0.489 e. The lowest BCUT2D eigenvalue weighted by molar-refractivity contribution is 0.426. The van der Waals surface area contributed by atoms with Crippen LogP contribution >= 0.6 is 0 Å². The third kappa shape index (κ3) is 3.56. The molecule has 130 valence electrons. The van der Waals surface area contributed by atoms with Gasteiger partial charge in [-0.2, -0.15) is 0 Å². The highest BCUT2D eigenvalue weighted by Gasteiger charge is 2.23.